The van der Waals surface area contributed by atoms with Crippen LogP contribution in [0.2, 0.25) is 0 Å². The smallest absolute Gasteiger partial charge is 0.219 e. The van der Waals surface area contributed by atoms with Crippen molar-refractivity contribution in [3.63, 3.8) is 0 Å². The summed E-state index contributed by atoms with van der Waals surface area (Å²) in [4.78, 5) is 12.1. The Labute approximate surface area is 118 Å². The Balaban J connectivity index is 3.20. The van der Waals surface area contributed by atoms with Gasteiger partial charge in [-0.25, -0.2) is 0 Å². The molecule has 5 heteroatoms. The van der Waals surface area contributed by atoms with Crippen LogP contribution in [0.4, 0.5) is 0 Å². The van der Waals surface area contributed by atoms with Crippen LogP contribution in [0.3, 0.4) is 0 Å². The van der Waals surface area contributed by atoms with Gasteiger partial charge in [0.2, 0.25) is 5.12 Å². The Morgan fingerprint density at radius 3 is 2.00 bits per heavy atom. The third-order valence-corrected chi connectivity index (χ3v) is 6.71. The van der Waals surface area contributed by atoms with Crippen LogP contribution in [0.5, 0.6) is 0 Å². The first kappa shape index (κ1) is 14.5. The zero-order chi connectivity index (χ0) is 12.2. The van der Waals surface area contributed by atoms with E-state index in [1.165, 1.54) is 11.8 Å². The van der Waals surface area contributed by atoms with Crippen molar-refractivity contribution in [3.8, 4) is 0 Å². The Morgan fingerprint density at radius 1 is 1.12 bits per heavy atom. The lowest BCUT2D eigenvalue weighted by atomic mass is 10.1. The van der Waals surface area contributed by atoms with Gasteiger partial charge in [0.1, 0.15) is 0 Å². The molecule has 0 spiro atoms. The second kappa shape index (κ2) is 6.38. The maximum atomic E-state index is 12.1. The maximum Gasteiger partial charge on any atom is 0.219 e. The van der Waals surface area contributed by atoms with Crippen molar-refractivity contribution >= 4 is 56.3 Å². The van der Waals surface area contributed by atoms with Crippen molar-refractivity contribution in [3.05, 3.63) is 34.3 Å². The lowest BCUT2D eigenvalue weighted by Gasteiger charge is -2.28. The standard InChI is InChI=1S/C11H13BrOS3/c1-14-10(13)11(15-2,16-3)8-4-6-9(12)7-5-8/h4-7H,1-3H3. The van der Waals surface area contributed by atoms with Crippen molar-refractivity contribution in [2.75, 3.05) is 18.8 Å². The second-order valence-corrected chi connectivity index (χ2v) is 7.02. The number of benzene rings is 1. The van der Waals surface area contributed by atoms with Gasteiger partial charge >= 0.3 is 0 Å². The average molecular weight is 337 g/mol. The first-order valence-corrected chi connectivity index (χ1v) is 9.02. The minimum Gasteiger partial charge on any atom is -0.284 e. The third-order valence-electron chi connectivity index (χ3n) is 2.25. The topological polar surface area (TPSA) is 17.1 Å². The number of carbonyl (C=O) groups excluding carboxylic acids is 1. The van der Waals surface area contributed by atoms with E-state index in [1.54, 1.807) is 23.5 Å². The van der Waals surface area contributed by atoms with Gasteiger partial charge in [0.05, 0.1) is 0 Å². The molecule has 0 aliphatic carbocycles. The first-order chi connectivity index (χ1) is 7.60. The van der Waals surface area contributed by atoms with E-state index in [1.807, 2.05) is 43.0 Å². The molecule has 0 aliphatic rings. The van der Waals surface area contributed by atoms with E-state index in [0.717, 1.165) is 10.0 Å². The fourth-order valence-electron chi connectivity index (χ4n) is 1.41. The predicted molar refractivity (Wildman–Crippen MR) is 81.4 cm³/mol. The van der Waals surface area contributed by atoms with Gasteiger partial charge < -0.3 is 0 Å². The number of halogens is 1. The molecule has 0 amide bonds. The molecule has 0 N–H and O–H groups in total. The van der Waals surface area contributed by atoms with Crippen molar-refractivity contribution in [2.24, 2.45) is 0 Å². The zero-order valence-corrected chi connectivity index (χ0v) is 13.4. The van der Waals surface area contributed by atoms with E-state index >= 15 is 0 Å². The van der Waals surface area contributed by atoms with E-state index in [-0.39, 0.29) is 5.12 Å². The Hall–Kier alpha value is 0.420. The number of thioether (sulfide) groups is 3. The van der Waals surface area contributed by atoms with Crippen LogP contribution in [-0.2, 0) is 8.87 Å². The Morgan fingerprint density at radius 2 is 1.62 bits per heavy atom. The molecule has 16 heavy (non-hydrogen) atoms. The average Bonchev–Trinajstić information content (AvgIpc) is 2.33. The van der Waals surface area contributed by atoms with Crippen LogP contribution < -0.4 is 0 Å². The highest BCUT2D eigenvalue weighted by atomic mass is 79.9. The molecule has 0 bridgehead atoms. The van der Waals surface area contributed by atoms with Gasteiger partial charge in [0, 0.05) is 4.47 Å². The zero-order valence-electron chi connectivity index (χ0n) is 9.32. The molecule has 1 aromatic carbocycles. The van der Waals surface area contributed by atoms with Crippen LogP contribution in [0.25, 0.3) is 0 Å². The summed E-state index contributed by atoms with van der Waals surface area (Å²) in [5.74, 6) is 0. The normalized spacial score (nSPS) is 11.5. The molecule has 0 aromatic heterocycles. The van der Waals surface area contributed by atoms with Gasteiger partial charge in [0.15, 0.2) is 4.08 Å². The summed E-state index contributed by atoms with van der Waals surface area (Å²) >= 11 is 7.87. The van der Waals surface area contributed by atoms with Gasteiger partial charge in [0.25, 0.3) is 0 Å². The molecule has 0 saturated carbocycles. The molecule has 1 rings (SSSR count). The van der Waals surface area contributed by atoms with E-state index in [0.29, 0.717) is 0 Å². The molecule has 1 nitrogen and oxygen atoms in total. The van der Waals surface area contributed by atoms with Crippen LogP contribution in [0.15, 0.2) is 28.7 Å². The third kappa shape index (κ3) is 2.81. The highest BCUT2D eigenvalue weighted by Gasteiger charge is 2.38. The minimum atomic E-state index is -0.486. The SMILES string of the molecule is CSC(=O)C(SC)(SC)c1ccc(Br)cc1. The van der Waals surface area contributed by atoms with Crippen LogP contribution in [0.1, 0.15) is 5.56 Å². The number of rotatable bonds is 4. The largest absolute Gasteiger partial charge is 0.284 e. The maximum absolute atomic E-state index is 12.1. The summed E-state index contributed by atoms with van der Waals surface area (Å²) in [5, 5.41) is 0.190. The van der Waals surface area contributed by atoms with E-state index in [2.05, 4.69) is 15.9 Å². The Kier molecular flexibility index (Phi) is 5.77. The van der Waals surface area contributed by atoms with Crippen LogP contribution in [0, 0.1) is 0 Å². The summed E-state index contributed by atoms with van der Waals surface area (Å²) in [5.41, 5.74) is 1.05. The number of hydrogen-bond donors (Lipinski definition) is 0. The summed E-state index contributed by atoms with van der Waals surface area (Å²) in [6, 6.07) is 7.96. The van der Waals surface area contributed by atoms with Crippen LogP contribution in [-0.4, -0.2) is 23.9 Å². The van der Waals surface area contributed by atoms with Gasteiger partial charge in [-0.3, -0.25) is 4.79 Å². The van der Waals surface area contributed by atoms with Crippen LogP contribution >= 0.6 is 51.2 Å². The second-order valence-electron chi connectivity index (χ2n) is 3.02. The number of carbonyl (C=O) groups is 1. The van der Waals surface area contributed by atoms with E-state index in [4.69, 9.17) is 0 Å². The molecular formula is C11H13BrOS3. The fourth-order valence-corrected chi connectivity index (χ4v) is 4.80. The lowest BCUT2D eigenvalue weighted by molar-refractivity contribution is -0.111. The fraction of sp³-hybridized carbons (Fsp3) is 0.364. The molecule has 0 fully saturated rings. The molecule has 88 valence electrons. The van der Waals surface area contributed by atoms with Gasteiger partial charge in [-0.05, 0) is 36.5 Å². The van der Waals surface area contributed by atoms with Crippen molar-refractivity contribution in [1.82, 2.24) is 0 Å². The molecule has 1 aromatic rings. The molecule has 0 saturated heterocycles. The lowest BCUT2D eigenvalue weighted by Crippen LogP contribution is -2.25. The predicted octanol–water partition coefficient (Wildman–Crippen LogP) is 4.22. The quantitative estimate of drug-likeness (QED) is 0.765. The van der Waals surface area contributed by atoms with E-state index < -0.39 is 4.08 Å². The Bertz CT molecular complexity index is 360. The molecule has 0 radical (unpaired) electrons. The summed E-state index contributed by atoms with van der Waals surface area (Å²) in [7, 11) is 0. The van der Waals surface area contributed by atoms with Crippen molar-refractivity contribution < 1.29 is 4.79 Å². The first-order valence-electron chi connectivity index (χ1n) is 4.55. The molecular weight excluding hydrogens is 324 g/mol. The highest BCUT2D eigenvalue weighted by Crippen LogP contribution is 2.47. The molecule has 0 heterocycles. The highest BCUT2D eigenvalue weighted by molar-refractivity contribution is 9.10. The summed E-state index contributed by atoms with van der Waals surface area (Å²) in [6.45, 7) is 0. The van der Waals surface area contributed by atoms with Gasteiger partial charge in [-0.1, -0.05) is 39.8 Å². The van der Waals surface area contributed by atoms with Gasteiger partial charge in [-0.2, -0.15) is 0 Å². The molecule has 0 aliphatic heterocycles. The van der Waals surface area contributed by atoms with E-state index in [9.17, 15) is 4.79 Å². The van der Waals surface area contributed by atoms with Crippen molar-refractivity contribution in [2.45, 2.75) is 4.08 Å². The number of hydrogen-bond acceptors (Lipinski definition) is 4. The molecule has 0 atom stereocenters. The monoisotopic (exact) mass is 336 g/mol. The summed E-state index contributed by atoms with van der Waals surface area (Å²) < 4.78 is 0.545. The van der Waals surface area contributed by atoms with Gasteiger partial charge in [-0.15, -0.1) is 23.5 Å². The molecule has 0 unspecified atom stereocenters. The summed E-state index contributed by atoms with van der Waals surface area (Å²) in [6.07, 6.45) is 5.79. The van der Waals surface area contributed by atoms with Crippen molar-refractivity contribution in [1.29, 1.82) is 0 Å². The minimum absolute atomic E-state index is 0.190.